The summed E-state index contributed by atoms with van der Waals surface area (Å²) in [6, 6.07) is 6.45. The highest BCUT2D eigenvalue weighted by Gasteiger charge is 2.15. The third-order valence-corrected chi connectivity index (χ3v) is 4.07. The third kappa shape index (κ3) is 2.95. The molecule has 0 aromatic carbocycles. The molecule has 0 radical (unpaired) electrons. The average Bonchev–Trinajstić information content (AvgIpc) is 2.93. The van der Waals surface area contributed by atoms with Crippen LogP contribution in [0.2, 0.25) is 0 Å². The summed E-state index contributed by atoms with van der Waals surface area (Å²) < 4.78 is 2.19. The van der Waals surface area contributed by atoms with Gasteiger partial charge >= 0.3 is 0 Å². The average molecular weight is 274 g/mol. The minimum atomic E-state index is 1.02. The van der Waals surface area contributed by atoms with Crippen molar-refractivity contribution in [1.82, 2.24) is 15.2 Å². The maximum absolute atomic E-state index is 4.79. The Hall–Kier alpha value is -1.41. The van der Waals surface area contributed by atoms with Crippen molar-refractivity contribution < 1.29 is 0 Å². The van der Waals surface area contributed by atoms with E-state index in [0.717, 1.165) is 38.0 Å². The molecule has 1 N–H and O–H groups in total. The first kappa shape index (κ1) is 12.6. The Balaban J connectivity index is 1.63. The second-order valence-corrected chi connectivity index (χ2v) is 5.64. The lowest BCUT2D eigenvalue weighted by Crippen LogP contribution is -2.20. The minimum absolute atomic E-state index is 1.02. The molecule has 0 saturated heterocycles. The molecular weight excluding hydrogens is 255 g/mol. The number of H-pyrrole nitrogens is 1. The van der Waals surface area contributed by atoms with E-state index in [1.165, 1.54) is 23.4 Å². The number of hydrogen-bond acceptors (Lipinski definition) is 3. The van der Waals surface area contributed by atoms with E-state index >= 15 is 0 Å². The summed E-state index contributed by atoms with van der Waals surface area (Å²) in [5, 5.41) is 6.96. The molecule has 19 heavy (non-hydrogen) atoms. The molecule has 5 heteroatoms. The van der Waals surface area contributed by atoms with Crippen LogP contribution in [0.3, 0.4) is 0 Å². The number of aromatic amines is 1. The molecule has 1 aliphatic rings. The summed E-state index contributed by atoms with van der Waals surface area (Å²) >= 11 is 0. The molecule has 100 valence electrons. The number of aryl methyl sites for hydroxylation is 3. The van der Waals surface area contributed by atoms with Crippen molar-refractivity contribution in [2.75, 3.05) is 11.2 Å². The molecule has 2 aromatic heterocycles. The lowest BCUT2D eigenvalue weighted by molar-refractivity contribution is 0.752. The Morgan fingerprint density at radius 1 is 1.26 bits per heavy atom. The zero-order chi connectivity index (χ0) is 13.1. The largest absolute Gasteiger partial charge is 0.341 e. The molecule has 2 aromatic rings. The highest BCUT2D eigenvalue weighted by atomic mass is 31.0. The van der Waals surface area contributed by atoms with Gasteiger partial charge in [0, 0.05) is 24.1 Å². The number of nitrogens with zero attached hydrogens (tertiary/aromatic N) is 3. The molecule has 0 aliphatic carbocycles. The number of aromatic nitrogens is 3. The maximum atomic E-state index is 4.79. The standard InChI is InChI=1S/C14H19N4P/c19-18-10-2-3-11-6-7-12(16-14(11)18)4-1-5-13-8-9-15-17-13/h6-9H,1-5,10,19H2,(H,15,17). The van der Waals surface area contributed by atoms with Gasteiger partial charge in [-0.05, 0) is 59.2 Å². The third-order valence-electron chi connectivity index (χ3n) is 3.57. The molecule has 1 aliphatic heterocycles. The van der Waals surface area contributed by atoms with Crippen molar-refractivity contribution in [3.05, 3.63) is 41.3 Å². The zero-order valence-electron chi connectivity index (χ0n) is 11.0. The molecule has 0 saturated carbocycles. The van der Waals surface area contributed by atoms with Crippen LogP contribution < -0.4 is 4.67 Å². The van der Waals surface area contributed by atoms with Crippen LogP contribution in [0, 0.1) is 0 Å². The van der Waals surface area contributed by atoms with Gasteiger partial charge in [-0.3, -0.25) is 5.10 Å². The van der Waals surface area contributed by atoms with Crippen LogP contribution in [0.5, 0.6) is 0 Å². The quantitative estimate of drug-likeness (QED) is 0.871. The Bertz CT molecular complexity index is 538. The van der Waals surface area contributed by atoms with Crippen molar-refractivity contribution in [3.8, 4) is 0 Å². The lowest BCUT2D eigenvalue weighted by Gasteiger charge is -2.26. The van der Waals surface area contributed by atoms with Gasteiger partial charge in [-0.25, -0.2) is 4.98 Å². The number of pyridine rings is 1. The maximum Gasteiger partial charge on any atom is 0.134 e. The fraction of sp³-hybridized carbons (Fsp3) is 0.429. The van der Waals surface area contributed by atoms with Crippen molar-refractivity contribution in [1.29, 1.82) is 0 Å². The first-order chi connectivity index (χ1) is 9.33. The second-order valence-electron chi connectivity index (χ2n) is 5.02. The van der Waals surface area contributed by atoms with Gasteiger partial charge in [-0.1, -0.05) is 6.07 Å². The highest BCUT2D eigenvalue weighted by Crippen LogP contribution is 2.27. The summed E-state index contributed by atoms with van der Waals surface area (Å²) in [6.07, 6.45) is 7.33. The molecule has 0 bridgehead atoms. The van der Waals surface area contributed by atoms with Gasteiger partial charge in [0.15, 0.2) is 0 Å². The highest BCUT2D eigenvalue weighted by molar-refractivity contribution is 7.19. The van der Waals surface area contributed by atoms with Crippen LogP contribution >= 0.6 is 9.39 Å². The van der Waals surface area contributed by atoms with Gasteiger partial charge in [0.25, 0.3) is 0 Å². The van der Waals surface area contributed by atoms with Gasteiger partial charge < -0.3 is 4.67 Å². The van der Waals surface area contributed by atoms with E-state index in [-0.39, 0.29) is 0 Å². The van der Waals surface area contributed by atoms with Gasteiger partial charge in [0.1, 0.15) is 5.82 Å². The van der Waals surface area contributed by atoms with Crippen LogP contribution in [0.15, 0.2) is 24.4 Å². The summed E-state index contributed by atoms with van der Waals surface area (Å²) in [5.41, 5.74) is 3.76. The molecular formula is C14H19N4P. The van der Waals surface area contributed by atoms with E-state index < -0.39 is 0 Å². The second kappa shape index (κ2) is 5.70. The molecule has 0 fully saturated rings. The van der Waals surface area contributed by atoms with Crippen LogP contribution in [-0.2, 0) is 19.3 Å². The Morgan fingerprint density at radius 3 is 3.05 bits per heavy atom. The van der Waals surface area contributed by atoms with Gasteiger partial charge in [0.2, 0.25) is 0 Å². The topological polar surface area (TPSA) is 44.8 Å². The van der Waals surface area contributed by atoms with Crippen LogP contribution in [0.4, 0.5) is 5.82 Å². The van der Waals surface area contributed by atoms with Crippen molar-refractivity contribution in [2.24, 2.45) is 0 Å². The van der Waals surface area contributed by atoms with E-state index in [1.807, 2.05) is 6.07 Å². The molecule has 0 amide bonds. The molecule has 0 spiro atoms. The monoisotopic (exact) mass is 274 g/mol. The lowest BCUT2D eigenvalue weighted by atomic mass is 10.1. The molecule has 1 unspecified atom stereocenters. The van der Waals surface area contributed by atoms with Crippen LogP contribution in [0.25, 0.3) is 0 Å². The number of fused-ring (bicyclic) bond motifs is 1. The van der Waals surface area contributed by atoms with Crippen LogP contribution in [0.1, 0.15) is 29.8 Å². The van der Waals surface area contributed by atoms with E-state index in [1.54, 1.807) is 6.20 Å². The SMILES string of the molecule is PN1CCCc2ccc(CCCc3ccn[nH]3)nc21. The van der Waals surface area contributed by atoms with Gasteiger partial charge in [-0.2, -0.15) is 5.10 Å². The Labute approximate surface area is 115 Å². The van der Waals surface area contributed by atoms with E-state index in [0.29, 0.717) is 0 Å². The van der Waals surface area contributed by atoms with Crippen LogP contribution in [-0.4, -0.2) is 21.7 Å². The summed E-state index contributed by atoms with van der Waals surface area (Å²) in [4.78, 5) is 4.79. The first-order valence-corrected chi connectivity index (χ1v) is 7.34. The van der Waals surface area contributed by atoms with Crippen molar-refractivity contribution in [3.63, 3.8) is 0 Å². The fourth-order valence-electron chi connectivity index (χ4n) is 2.53. The van der Waals surface area contributed by atoms with Gasteiger partial charge in [-0.15, -0.1) is 0 Å². The predicted molar refractivity (Wildman–Crippen MR) is 80.2 cm³/mol. The van der Waals surface area contributed by atoms with E-state index in [9.17, 15) is 0 Å². The number of rotatable bonds is 4. The Kier molecular flexibility index (Phi) is 3.79. The number of anilines is 1. The summed E-state index contributed by atoms with van der Waals surface area (Å²) in [6.45, 7) is 1.09. The predicted octanol–water partition coefficient (Wildman–Crippen LogP) is 2.52. The number of hydrogen-bond donors (Lipinski definition) is 1. The molecule has 1 atom stereocenters. The minimum Gasteiger partial charge on any atom is -0.341 e. The summed E-state index contributed by atoms with van der Waals surface area (Å²) in [7, 11) is 2.78. The van der Waals surface area contributed by atoms with E-state index in [4.69, 9.17) is 4.98 Å². The smallest absolute Gasteiger partial charge is 0.134 e. The van der Waals surface area contributed by atoms with Gasteiger partial charge in [0.05, 0.1) is 0 Å². The Morgan fingerprint density at radius 2 is 2.21 bits per heavy atom. The number of nitrogens with one attached hydrogen (secondary N) is 1. The first-order valence-electron chi connectivity index (χ1n) is 6.82. The molecule has 3 rings (SSSR count). The normalized spacial score (nSPS) is 14.5. The molecule has 4 nitrogen and oxygen atoms in total. The van der Waals surface area contributed by atoms with E-state index in [2.05, 4.69) is 36.4 Å². The molecule has 3 heterocycles. The van der Waals surface area contributed by atoms with Crippen molar-refractivity contribution in [2.45, 2.75) is 32.1 Å². The van der Waals surface area contributed by atoms with Crippen molar-refractivity contribution >= 4 is 15.2 Å². The summed E-state index contributed by atoms with van der Waals surface area (Å²) in [5.74, 6) is 1.15. The zero-order valence-corrected chi connectivity index (χ0v) is 12.1. The fourth-order valence-corrected chi connectivity index (χ4v) is 2.94.